The third-order valence-corrected chi connectivity index (χ3v) is 4.87. The zero-order valence-electron chi connectivity index (χ0n) is 11.7. The van der Waals surface area contributed by atoms with Crippen molar-refractivity contribution in [3.05, 3.63) is 0 Å². The fourth-order valence-corrected chi connectivity index (χ4v) is 3.56. The van der Waals surface area contributed by atoms with Crippen LogP contribution in [0.3, 0.4) is 0 Å². The summed E-state index contributed by atoms with van der Waals surface area (Å²) >= 11 is 0. The Morgan fingerprint density at radius 3 is 2.47 bits per heavy atom. The zero-order chi connectivity index (χ0) is 13.9. The summed E-state index contributed by atoms with van der Waals surface area (Å²) in [6.07, 6.45) is 7.92. The van der Waals surface area contributed by atoms with Gasteiger partial charge in [0.25, 0.3) is 0 Å². The predicted octanol–water partition coefficient (Wildman–Crippen LogP) is 1.99. The normalized spacial score (nSPS) is 31.1. The van der Waals surface area contributed by atoms with E-state index in [0.29, 0.717) is 5.92 Å². The van der Waals surface area contributed by atoms with Crippen LogP contribution in [0, 0.1) is 11.8 Å². The van der Waals surface area contributed by atoms with Crippen LogP contribution >= 0.6 is 0 Å². The lowest BCUT2D eigenvalue weighted by Gasteiger charge is -2.37. The molecule has 1 amide bonds. The largest absolute Gasteiger partial charge is 0.409 e. The number of nitrogens with two attached hydrogens (primary N) is 1. The van der Waals surface area contributed by atoms with Gasteiger partial charge in [-0.15, -0.1) is 0 Å². The number of hydrogen-bond donors (Lipinski definition) is 3. The highest BCUT2D eigenvalue weighted by molar-refractivity contribution is 5.94. The summed E-state index contributed by atoms with van der Waals surface area (Å²) in [6, 6.07) is 0. The first-order valence-corrected chi connectivity index (χ1v) is 7.39. The molecule has 0 radical (unpaired) electrons. The van der Waals surface area contributed by atoms with Crippen LogP contribution in [-0.4, -0.2) is 22.5 Å². The van der Waals surface area contributed by atoms with Gasteiger partial charge in [-0.25, -0.2) is 0 Å². The van der Waals surface area contributed by atoms with Gasteiger partial charge in [0.2, 0.25) is 5.91 Å². The van der Waals surface area contributed by atoms with Crippen molar-refractivity contribution in [2.75, 3.05) is 0 Å². The molecule has 2 aliphatic carbocycles. The van der Waals surface area contributed by atoms with Crippen molar-refractivity contribution in [2.24, 2.45) is 22.7 Å². The highest BCUT2D eigenvalue weighted by atomic mass is 16.4. The predicted molar refractivity (Wildman–Crippen MR) is 73.9 cm³/mol. The molecule has 0 aromatic heterocycles. The van der Waals surface area contributed by atoms with Crippen molar-refractivity contribution in [1.82, 2.24) is 5.32 Å². The molecule has 4 N–H and O–H groups in total. The topological polar surface area (TPSA) is 87.7 Å². The molecule has 2 saturated carbocycles. The number of carbonyl (C=O) groups is 1. The maximum absolute atomic E-state index is 12.4. The van der Waals surface area contributed by atoms with Gasteiger partial charge in [0.05, 0.1) is 0 Å². The van der Waals surface area contributed by atoms with Crippen molar-refractivity contribution < 1.29 is 10.0 Å². The van der Waals surface area contributed by atoms with Crippen LogP contribution in [0.2, 0.25) is 0 Å². The van der Waals surface area contributed by atoms with Crippen molar-refractivity contribution in [2.45, 2.75) is 63.8 Å². The first-order chi connectivity index (χ1) is 9.09. The van der Waals surface area contributed by atoms with E-state index in [1.165, 1.54) is 0 Å². The van der Waals surface area contributed by atoms with Gasteiger partial charge in [-0.2, -0.15) is 0 Å². The van der Waals surface area contributed by atoms with Gasteiger partial charge in [0.15, 0.2) is 5.84 Å². The van der Waals surface area contributed by atoms with Crippen molar-refractivity contribution in [3.63, 3.8) is 0 Å². The Hall–Kier alpha value is -1.26. The molecule has 0 bridgehead atoms. The molecule has 0 aromatic carbocycles. The lowest BCUT2D eigenvalue weighted by molar-refractivity contribution is -0.127. The van der Waals surface area contributed by atoms with Crippen LogP contribution in [0.15, 0.2) is 5.16 Å². The number of amidine groups is 1. The van der Waals surface area contributed by atoms with E-state index in [-0.39, 0.29) is 17.7 Å². The number of carbonyl (C=O) groups excluding carboxylic acids is 1. The fourth-order valence-electron chi connectivity index (χ4n) is 3.56. The lowest BCUT2D eigenvalue weighted by atomic mass is 9.80. The number of amides is 1. The maximum atomic E-state index is 12.4. The molecule has 2 rings (SSSR count). The summed E-state index contributed by atoms with van der Waals surface area (Å²) in [4.78, 5) is 12.4. The molecule has 5 nitrogen and oxygen atoms in total. The van der Waals surface area contributed by atoms with E-state index in [4.69, 9.17) is 10.9 Å². The molecule has 5 heteroatoms. The third-order valence-electron chi connectivity index (χ3n) is 4.87. The molecular formula is C14H25N3O2. The number of nitrogens with one attached hydrogen (secondary N) is 1. The van der Waals surface area contributed by atoms with E-state index >= 15 is 0 Å². The molecule has 2 fully saturated rings. The zero-order valence-corrected chi connectivity index (χ0v) is 11.7. The van der Waals surface area contributed by atoms with Gasteiger partial charge in [-0.3, -0.25) is 4.79 Å². The molecule has 2 aliphatic rings. The molecule has 0 heterocycles. The quantitative estimate of drug-likeness (QED) is 0.316. The summed E-state index contributed by atoms with van der Waals surface area (Å²) in [6.45, 7) is 2.13. The second kappa shape index (κ2) is 5.80. The average Bonchev–Trinajstić information content (AvgIpc) is 2.85. The average molecular weight is 267 g/mol. The second-order valence-corrected chi connectivity index (χ2v) is 6.13. The SMILES string of the molecule is CC1CCCC1C(=O)NC1(C(N)=NO)CCCCC1. The monoisotopic (exact) mass is 267 g/mol. The summed E-state index contributed by atoms with van der Waals surface area (Å²) in [7, 11) is 0. The molecule has 108 valence electrons. The molecule has 0 aromatic rings. The standard InChI is InChI=1S/C14H25N3O2/c1-10-6-5-7-11(10)12(18)16-14(13(15)17-19)8-3-2-4-9-14/h10-11,19H,2-9H2,1H3,(H2,15,17)(H,16,18). The van der Waals surface area contributed by atoms with E-state index in [2.05, 4.69) is 17.4 Å². The first-order valence-electron chi connectivity index (χ1n) is 7.39. The maximum Gasteiger partial charge on any atom is 0.224 e. The number of rotatable bonds is 3. The number of hydrogen-bond acceptors (Lipinski definition) is 3. The summed E-state index contributed by atoms with van der Waals surface area (Å²) < 4.78 is 0. The van der Waals surface area contributed by atoms with Crippen LogP contribution in [0.5, 0.6) is 0 Å². The Bertz CT molecular complexity index is 362. The smallest absolute Gasteiger partial charge is 0.224 e. The van der Waals surface area contributed by atoms with Crippen molar-refractivity contribution >= 4 is 11.7 Å². The van der Waals surface area contributed by atoms with Gasteiger partial charge in [-0.05, 0) is 31.6 Å². The highest BCUT2D eigenvalue weighted by Crippen LogP contribution is 2.34. The third kappa shape index (κ3) is 2.85. The highest BCUT2D eigenvalue weighted by Gasteiger charge is 2.41. The number of nitrogens with zero attached hydrogens (tertiary/aromatic N) is 1. The molecular weight excluding hydrogens is 242 g/mol. The fraction of sp³-hybridized carbons (Fsp3) is 0.857. The Kier molecular flexibility index (Phi) is 4.32. The van der Waals surface area contributed by atoms with Crippen molar-refractivity contribution in [3.8, 4) is 0 Å². The summed E-state index contributed by atoms with van der Waals surface area (Å²) in [5.74, 6) is 0.767. The van der Waals surface area contributed by atoms with E-state index < -0.39 is 5.54 Å². The van der Waals surface area contributed by atoms with E-state index in [0.717, 1.165) is 51.4 Å². The Balaban J connectivity index is 2.09. The molecule has 0 spiro atoms. The minimum absolute atomic E-state index is 0.0819. The summed E-state index contributed by atoms with van der Waals surface area (Å²) in [5.41, 5.74) is 5.23. The van der Waals surface area contributed by atoms with Crippen molar-refractivity contribution in [1.29, 1.82) is 0 Å². The molecule has 2 atom stereocenters. The van der Waals surface area contributed by atoms with Crippen LogP contribution in [0.1, 0.15) is 58.3 Å². The van der Waals surface area contributed by atoms with E-state index in [1.54, 1.807) is 0 Å². The second-order valence-electron chi connectivity index (χ2n) is 6.13. The van der Waals surface area contributed by atoms with Gasteiger partial charge >= 0.3 is 0 Å². The van der Waals surface area contributed by atoms with Crippen LogP contribution in [0.25, 0.3) is 0 Å². The minimum Gasteiger partial charge on any atom is -0.409 e. The van der Waals surface area contributed by atoms with E-state index in [1.807, 2.05) is 0 Å². The van der Waals surface area contributed by atoms with Crippen LogP contribution < -0.4 is 11.1 Å². The number of oxime groups is 1. The van der Waals surface area contributed by atoms with Gasteiger partial charge in [0.1, 0.15) is 5.54 Å². The molecule has 0 aliphatic heterocycles. The lowest BCUT2D eigenvalue weighted by Crippen LogP contribution is -2.59. The minimum atomic E-state index is -0.619. The first kappa shape index (κ1) is 14.2. The van der Waals surface area contributed by atoms with Gasteiger partial charge in [-0.1, -0.05) is 37.8 Å². The molecule has 2 unspecified atom stereocenters. The Morgan fingerprint density at radius 2 is 1.95 bits per heavy atom. The summed E-state index contributed by atoms with van der Waals surface area (Å²) in [5, 5.41) is 15.3. The Labute approximate surface area is 114 Å². The van der Waals surface area contributed by atoms with Gasteiger partial charge in [0, 0.05) is 5.92 Å². The van der Waals surface area contributed by atoms with E-state index in [9.17, 15) is 4.79 Å². The molecule has 19 heavy (non-hydrogen) atoms. The Morgan fingerprint density at radius 1 is 1.26 bits per heavy atom. The van der Waals surface area contributed by atoms with Crippen LogP contribution in [0.4, 0.5) is 0 Å². The van der Waals surface area contributed by atoms with Gasteiger partial charge < -0.3 is 16.3 Å². The molecule has 0 saturated heterocycles. The van der Waals surface area contributed by atoms with Crippen LogP contribution in [-0.2, 0) is 4.79 Å².